The quantitative estimate of drug-likeness (QED) is 0.332. The Balaban J connectivity index is 1.83. The minimum Gasteiger partial charge on any atom is -0.506 e. The number of nitrogens with zero attached hydrogens (tertiary/aromatic N) is 3. The molecule has 3 aromatic rings. The molecule has 1 amide bonds. The molecule has 0 atom stereocenters. The Labute approximate surface area is 182 Å². The molecule has 0 saturated heterocycles. The molecule has 0 unspecified atom stereocenters. The third-order valence-electron chi connectivity index (χ3n) is 4.18. The summed E-state index contributed by atoms with van der Waals surface area (Å²) in [6, 6.07) is 13.4. The molecular formula is C21H15Cl2N3O4. The molecule has 0 saturated carbocycles. The number of carbonyl (C=O) groups excluding carboxylic acids is 1. The maximum Gasteiger partial charge on any atom is 0.268 e. The fourth-order valence-electron chi connectivity index (χ4n) is 2.63. The van der Waals surface area contributed by atoms with E-state index < -0.39 is 17.2 Å². The molecule has 0 aliphatic rings. The second kappa shape index (κ2) is 8.91. The van der Waals surface area contributed by atoms with Crippen LogP contribution >= 0.6 is 23.2 Å². The minimum absolute atomic E-state index is 0.0172. The first kappa shape index (κ1) is 21.2. The third-order valence-corrected chi connectivity index (χ3v) is 4.76. The van der Waals surface area contributed by atoms with Gasteiger partial charge in [-0.25, -0.2) is 4.98 Å². The van der Waals surface area contributed by atoms with Gasteiger partial charge in [-0.15, -0.1) is 0 Å². The maximum absolute atomic E-state index is 12.7. The molecule has 30 heavy (non-hydrogen) atoms. The first-order chi connectivity index (χ1) is 14.3. The predicted molar refractivity (Wildman–Crippen MR) is 112 cm³/mol. The fourth-order valence-corrected chi connectivity index (χ4v) is 3.12. The highest BCUT2D eigenvalue weighted by molar-refractivity contribution is 6.37. The Bertz CT molecular complexity index is 1140. The van der Waals surface area contributed by atoms with Gasteiger partial charge in [-0.05, 0) is 12.1 Å². The second-order valence-corrected chi connectivity index (χ2v) is 7.08. The lowest BCUT2D eigenvalue weighted by Gasteiger charge is -2.15. The first-order valence-corrected chi connectivity index (χ1v) is 9.34. The van der Waals surface area contributed by atoms with Gasteiger partial charge in [-0.3, -0.25) is 4.79 Å². The molecule has 1 heterocycles. The summed E-state index contributed by atoms with van der Waals surface area (Å²) < 4.78 is 5.66. The van der Waals surface area contributed by atoms with E-state index in [4.69, 9.17) is 27.6 Å². The van der Waals surface area contributed by atoms with Crippen molar-refractivity contribution in [3.05, 3.63) is 75.7 Å². The lowest BCUT2D eigenvalue weighted by Crippen LogP contribution is -2.28. The van der Waals surface area contributed by atoms with Crippen LogP contribution in [0.2, 0.25) is 10.0 Å². The first-order valence-electron chi connectivity index (χ1n) is 8.59. The average molecular weight is 444 g/mol. The number of phenols is 1. The predicted octanol–water partition coefficient (Wildman–Crippen LogP) is 4.81. The smallest absolute Gasteiger partial charge is 0.268 e. The van der Waals surface area contributed by atoms with Crippen LogP contribution in [-0.4, -0.2) is 33.1 Å². The molecule has 152 valence electrons. The highest BCUT2D eigenvalue weighted by Crippen LogP contribution is 2.35. The Morgan fingerprint density at radius 1 is 1.23 bits per heavy atom. The van der Waals surface area contributed by atoms with E-state index in [1.54, 1.807) is 12.3 Å². The number of aromatic hydroxyl groups is 1. The number of oxazole rings is 1. The van der Waals surface area contributed by atoms with Crippen LogP contribution in [0.15, 0.2) is 58.7 Å². The van der Waals surface area contributed by atoms with Crippen LogP contribution in [0.25, 0.3) is 17.1 Å². The summed E-state index contributed by atoms with van der Waals surface area (Å²) in [6.07, 6.45) is 1.54. The van der Waals surface area contributed by atoms with Gasteiger partial charge in [0.2, 0.25) is 5.89 Å². The summed E-state index contributed by atoms with van der Waals surface area (Å²) in [6.45, 7) is -0.0266. The van der Waals surface area contributed by atoms with Gasteiger partial charge in [-0.1, -0.05) is 53.5 Å². The summed E-state index contributed by atoms with van der Waals surface area (Å²) in [5.74, 6) is -0.934. The molecule has 1 aromatic heterocycles. The van der Waals surface area contributed by atoms with Gasteiger partial charge in [0.1, 0.15) is 11.8 Å². The van der Waals surface area contributed by atoms with Crippen molar-refractivity contribution in [2.45, 2.75) is 6.54 Å². The molecular weight excluding hydrogens is 429 g/mol. The highest BCUT2D eigenvalue weighted by atomic mass is 35.5. The maximum atomic E-state index is 12.7. The number of hydrogen-bond acceptors (Lipinski definition) is 6. The summed E-state index contributed by atoms with van der Waals surface area (Å²) in [5.41, 5.74) is 0.329. The number of hydrogen-bond donors (Lipinski definition) is 2. The summed E-state index contributed by atoms with van der Waals surface area (Å²) in [5, 5.41) is 29.2. The lowest BCUT2D eigenvalue weighted by molar-refractivity contribution is -0.126. The number of aliphatic hydroxyl groups is 1. The van der Waals surface area contributed by atoms with Crippen LogP contribution in [0.5, 0.6) is 5.75 Å². The number of rotatable bonds is 5. The molecule has 7 nitrogen and oxygen atoms in total. The van der Waals surface area contributed by atoms with E-state index >= 15 is 0 Å². The van der Waals surface area contributed by atoms with Crippen molar-refractivity contribution >= 4 is 34.9 Å². The van der Waals surface area contributed by atoms with Crippen molar-refractivity contribution in [3.63, 3.8) is 0 Å². The lowest BCUT2D eigenvalue weighted by atomic mass is 10.1. The van der Waals surface area contributed by atoms with Crippen molar-refractivity contribution in [3.8, 4) is 23.1 Å². The number of halogens is 2. The van der Waals surface area contributed by atoms with Crippen molar-refractivity contribution in [1.29, 1.82) is 5.26 Å². The third kappa shape index (κ3) is 4.40. The molecule has 2 N–H and O–H groups in total. The van der Waals surface area contributed by atoms with Crippen LogP contribution in [0.1, 0.15) is 11.5 Å². The van der Waals surface area contributed by atoms with Gasteiger partial charge < -0.3 is 19.5 Å². The van der Waals surface area contributed by atoms with Gasteiger partial charge in [0.25, 0.3) is 5.91 Å². The topological polar surface area (TPSA) is 111 Å². The molecule has 0 spiro atoms. The number of nitriles is 1. The largest absolute Gasteiger partial charge is 0.506 e. The van der Waals surface area contributed by atoms with E-state index in [2.05, 4.69) is 4.98 Å². The highest BCUT2D eigenvalue weighted by Gasteiger charge is 2.23. The average Bonchev–Trinajstić information content (AvgIpc) is 3.21. The van der Waals surface area contributed by atoms with Gasteiger partial charge >= 0.3 is 0 Å². The van der Waals surface area contributed by atoms with E-state index in [1.807, 2.05) is 30.3 Å². The summed E-state index contributed by atoms with van der Waals surface area (Å²) in [7, 11) is 1.44. The van der Waals surface area contributed by atoms with Crippen LogP contribution in [-0.2, 0) is 11.3 Å². The number of likely N-dealkylation sites (N-methyl/N-ethyl adjacent to an activating group) is 1. The summed E-state index contributed by atoms with van der Waals surface area (Å²) in [4.78, 5) is 18.0. The van der Waals surface area contributed by atoms with Gasteiger partial charge in [0.05, 0.1) is 22.8 Å². The van der Waals surface area contributed by atoms with Crippen LogP contribution in [0, 0.1) is 11.3 Å². The van der Waals surface area contributed by atoms with Crippen LogP contribution < -0.4 is 0 Å². The van der Waals surface area contributed by atoms with Gasteiger partial charge in [-0.2, -0.15) is 5.26 Å². The molecule has 0 aliphatic carbocycles. The standard InChI is InChI=1S/C21H15Cl2N3O4/c1-26(11-18-25-10-17(30-18)12-5-3-2-4-6-12)21(29)14(9-24)19(27)13-7-15(22)20(28)16(23)8-13/h2-8,10,27-28H,11H2,1H3/b19-14-. The van der Waals surface area contributed by atoms with E-state index in [0.29, 0.717) is 5.76 Å². The number of benzene rings is 2. The Kier molecular flexibility index (Phi) is 6.31. The van der Waals surface area contributed by atoms with Crippen molar-refractivity contribution in [2.24, 2.45) is 0 Å². The minimum atomic E-state index is -0.755. The molecule has 0 aliphatic heterocycles. The number of carbonyl (C=O) groups is 1. The van der Waals surface area contributed by atoms with E-state index in [0.717, 1.165) is 5.56 Å². The van der Waals surface area contributed by atoms with Gasteiger partial charge in [0, 0.05) is 18.2 Å². The van der Waals surface area contributed by atoms with E-state index in [9.17, 15) is 20.3 Å². The monoisotopic (exact) mass is 443 g/mol. The Morgan fingerprint density at radius 2 is 1.87 bits per heavy atom. The number of aliphatic hydroxyl groups excluding tert-OH is 1. The zero-order valence-corrected chi connectivity index (χ0v) is 17.1. The van der Waals surface area contributed by atoms with E-state index in [-0.39, 0.29) is 33.8 Å². The number of aromatic nitrogens is 1. The van der Waals surface area contributed by atoms with E-state index in [1.165, 1.54) is 24.1 Å². The number of phenolic OH excluding ortho intramolecular Hbond substituents is 1. The van der Waals surface area contributed by atoms with Crippen molar-refractivity contribution < 1.29 is 19.4 Å². The summed E-state index contributed by atoms with van der Waals surface area (Å²) >= 11 is 11.7. The zero-order chi connectivity index (χ0) is 21.8. The Morgan fingerprint density at radius 3 is 2.47 bits per heavy atom. The zero-order valence-electron chi connectivity index (χ0n) is 15.6. The van der Waals surface area contributed by atoms with Crippen molar-refractivity contribution in [1.82, 2.24) is 9.88 Å². The molecule has 2 aromatic carbocycles. The molecule has 9 heteroatoms. The van der Waals surface area contributed by atoms with Crippen LogP contribution in [0.3, 0.4) is 0 Å². The Hall–Kier alpha value is -3.47. The molecule has 0 radical (unpaired) electrons. The molecule has 0 bridgehead atoms. The fraction of sp³-hybridized carbons (Fsp3) is 0.0952. The number of amides is 1. The SMILES string of the molecule is CN(Cc1ncc(-c2ccccc2)o1)C(=O)/C(C#N)=C(\O)c1cc(Cl)c(O)c(Cl)c1. The second-order valence-electron chi connectivity index (χ2n) is 6.27. The normalized spacial score (nSPS) is 11.5. The molecule has 3 rings (SSSR count). The van der Waals surface area contributed by atoms with Crippen molar-refractivity contribution in [2.75, 3.05) is 7.05 Å². The molecule has 0 fully saturated rings. The van der Waals surface area contributed by atoms with Crippen LogP contribution in [0.4, 0.5) is 0 Å². The van der Waals surface area contributed by atoms with Gasteiger partial charge in [0.15, 0.2) is 17.1 Å².